The third-order valence-electron chi connectivity index (χ3n) is 4.70. The summed E-state index contributed by atoms with van der Waals surface area (Å²) in [5.74, 6) is -1.72. The number of aromatic nitrogens is 2. The summed E-state index contributed by atoms with van der Waals surface area (Å²) in [6.07, 6.45) is 3.48. The molecule has 8 heteroatoms. The molecular formula is C21H24N4O4. The van der Waals surface area contributed by atoms with E-state index in [2.05, 4.69) is 10.4 Å². The van der Waals surface area contributed by atoms with Gasteiger partial charge in [-0.2, -0.15) is 5.10 Å². The Hall–Kier alpha value is -3.42. The number of rotatable bonds is 2. The van der Waals surface area contributed by atoms with E-state index < -0.39 is 23.6 Å². The van der Waals surface area contributed by atoms with Crippen LogP contribution in [-0.2, 0) is 9.59 Å². The lowest BCUT2D eigenvalue weighted by molar-refractivity contribution is -0.137. The van der Waals surface area contributed by atoms with E-state index in [4.69, 9.17) is 10.5 Å². The molecule has 1 aliphatic rings. The predicted octanol–water partition coefficient (Wildman–Crippen LogP) is 1.84. The summed E-state index contributed by atoms with van der Waals surface area (Å²) in [6.45, 7) is 4.24. The lowest BCUT2D eigenvalue weighted by Gasteiger charge is -2.16. The fourth-order valence-corrected chi connectivity index (χ4v) is 3.16. The number of allylic oxidation sites excluding steroid dienone is 1. The van der Waals surface area contributed by atoms with Gasteiger partial charge in [0.05, 0.1) is 24.0 Å². The summed E-state index contributed by atoms with van der Waals surface area (Å²) in [5.41, 5.74) is 7.81. The number of amides is 2. The Morgan fingerprint density at radius 1 is 1.28 bits per heavy atom. The van der Waals surface area contributed by atoms with Crippen molar-refractivity contribution in [2.45, 2.75) is 39.2 Å². The van der Waals surface area contributed by atoms with Gasteiger partial charge >= 0.3 is 0 Å². The molecule has 2 heterocycles. The molecule has 2 bridgehead atoms. The quantitative estimate of drug-likeness (QED) is 0.593. The molecule has 3 N–H and O–H groups in total. The van der Waals surface area contributed by atoms with E-state index in [0.29, 0.717) is 30.2 Å². The first-order valence-electron chi connectivity index (χ1n) is 9.45. The van der Waals surface area contributed by atoms with E-state index in [1.54, 1.807) is 19.1 Å². The predicted molar refractivity (Wildman–Crippen MR) is 107 cm³/mol. The van der Waals surface area contributed by atoms with Crippen molar-refractivity contribution in [3.8, 4) is 11.4 Å². The first kappa shape index (κ1) is 20.3. The lowest BCUT2D eigenvalue weighted by atomic mass is 10.0. The molecule has 0 saturated carbocycles. The molecule has 0 unspecified atom stereocenters. The minimum Gasteiger partial charge on any atom is -0.493 e. The zero-order valence-electron chi connectivity index (χ0n) is 16.5. The monoisotopic (exact) mass is 396 g/mol. The second-order valence-electron chi connectivity index (χ2n) is 7.06. The van der Waals surface area contributed by atoms with Gasteiger partial charge in [-0.3, -0.25) is 14.4 Å². The van der Waals surface area contributed by atoms with Crippen LogP contribution in [0.4, 0.5) is 0 Å². The van der Waals surface area contributed by atoms with E-state index in [1.165, 1.54) is 4.68 Å². The Bertz CT molecular complexity index is 977. The number of aryl methyl sites for hydroxylation is 1. The molecule has 1 aromatic carbocycles. The number of hydrogen-bond acceptors (Lipinski definition) is 5. The van der Waals surface area contributed by atoms with Crippen LogP contribution in [0, 0.1) is 6.92 Å². The zero-order valence-corrected chi connectivity index (χ0v) is 16.5. The van der Waals surface area contributed by atoms with Gasteiger partial charge in [-0.25, -0.2) is 4.68 Å². The van der Waals surface area contributed by atoms with E-state index in [9.17, 15) is 14.4 Å². The number of primary amides is 1. The van der Waals surface area contributed by atoms with Gasteiger partial charge in [0.2, 0.25) is 5.78 Å². The third-order valence-corrected chi connectivity index (χ3v) is 4.70. The maximum absolute atomic E-state index is 12.9. The van der Waals surface area contributed by atoms with Crippen LogP contribution in [0.2, 0.25) is 0 Å². The van der Waals surface area contributed by atoms with Crippen molar-refractivity contribution in [2.24, 2.45) is 5.73 Å². The maximum atomic E-state index is 12.9. The van der Waals surface area contributed by atoms with Crippen molar-refractivity contribution < 1.29 is 19.1 Å². The molecule has 152 valence electrons. The maximum Gasteiger partial charge on any atom is 0.287 e. The highest BCUT2D eigenvalue weighted by Gasteiger charge is 2.26. The second-order valence-corrected chi connectivity index (χ2v) is 7.06. The van der Waals surface area contributed by atoms with Gasteiger partial charge < -0.3 is 15.8 Å². The summed E-state index contributed by atoms with van der Waals surface area (Å²) in [5, 5.41) is 7.04. The molecule has 1 aliphatic heterocycles. The number of nitrogens with one attached hydrogen (secondary N) is 1. The van der Waals surface area contributed by atoms with Crippen LogP contribution in [-0.4, -0.2) is 40.0 Å². The number of Topliss-reactive ketones (excluding diaryl/α,β-unsaturated/α-hetero) is 1. The van der Waals surface area contributed by atoms with Crippen LogP contribution in [0.15, 0.2) is 42.0 Å². The topological polar surface area (TPSA) is 116 Å². The lowest BCUT2D eigenvalue weighted by Crippen LogP contribution is -2.46. The molecule has 8 nitrogen and oxygen atoms in total. The Morgan fingerprint density at radius 2 is 2.07 bits per heavy atom. The Morgan fingerprint density at radius 3 is 2.83 bits per heavy atom. The summed E-state index contributed by atoms with van der Waals surface area (Å²) in [4.78, 5) is 36.6. The molecule has 0 fully saturated rings. The number of nitrogens with two attached hydrogens (primary N) is 1. The Kier molecular flexibility index (Phi) is 6.11. The molecule has 0 aliphatic carbocycles. The SMILES string of the molecule is C/C1=C\CC[C@@H](C(=O)C(N)=O)NC(=O)c2cc(C)nn2-c2cccc(c2)OCC1. The van der Waals surface area contributed by atoms with Crippen molar-refractivity contribution in [3.05, 3.63) is 53.4 Å². The number of hydrogen-bond donors (Lipinski definition) is 2. The number of fused-ring (bicyclic) bond motifs is 4. The molecular weight excluding hydrogens is 372 g/mol. The highest BCUT2D eigenvalue weighted by molar-refractivity contribution is 6.38. The molecule has 1 atom stereocenters. The third kappa shape index (κ3) is 4.90. The molecule has 2 amide bonds. The summed E-state index contributed by atoms with van der Waals surface area (Å²) in [7, 11) is 0. The number of ketones is 1. The molecule has 3 rings (SSSR count). The molecule has 0 spiro atoms. The van der Waals surface area contributed by atoms with Gasteiger partial charge in [0, 0.05) is 12.5 Å². The minimum atomic E-state index is -1.07. The van der Waals surface area contributed by atoms with Crippen LogP contribution < -0.4 is 15.8 Å². The van der Waals surface area contributed by atoms with E-state index >= 15 is 0 Å². The first-order valence-corrected chi connectivity index (χ1v) is 9.45. The van der Waals surface area contributed by atoms with Crippen molar-refractivity contribution in [2.75, 3.05) is 6.61 Å². The van der Waals surface area contributed by atoms with Crippen molar-refractivity contribution in [3.63, 3.8) is 0 Å². The minimum absolute atomic E-state index is 0.253. The van der Waals surface area contributed by atoms with Crippen molar-refractivity contribution in [1.82, 2.24) is 15.1 Å². The van der Waals surface area contributed by atoms with Gasteiger partial charge in [-0.1, -0.05) is 17.7 Å². The zero-order chi connectivity index (χ0) is 21.0. The highest BCUT2D eigenvalue weighted by Crippen LogP contribution is 2.20. The van der Waals surface area contributed by atoms with Crippen LogP contribution in [0.1, 0.15) is 42.4 Å². The van der Waals surface area contributed by atoms with Crippen molar-refractivity contribution >= 4 is 17.6 Å². The summed E-state index contributed by atoms with van der Waals surface area (Å²) >= 11 is 0. The summed E-state index contributed by atoms with van der Waals surface area (Å²) in [6, 6.07) is 7.90. The average Bonchev–Trinajstić information content (AvgIpc) is 3.08. The number of nitrogens with zero attached hydrogens (tertiary/aromatic N) is 2. The van der Waals surface area contributed by atoms with E-state index in [-0.39, 0.29) is 12.1 Å². The van der Waals surface area contributed by atoms with E-state index in [1.807, 2.05) is 31.2 Å². The highest BCUT2D eigenvalue weighted by atomic mass is 16.5. The first-order chi connectivity index (χ1) is 13.8. The Labute approximate surface area is 168 Å². The van der Waals surface area contributed by atoms with Gasteiger partial charge in [0.15, 0.2) is 0 Å². The molecule has 1 aromatic heterocycles. The van der Waals surface area contributed by atoms with Gasteiger partial charge in [-0.05, 0) is 44.9 Å². The van der Waals surface area contributed by atoms with Gasteiger partial charge in [-0.15, -0.1) is 0 Å². The number of carbonyl (C=O) groups excluding carboxylic acids is 3. The Balaban J connectivity index is 2.02. The number of carbonyl (C=O) groups is 3. The number of ether oxygens (including phenoxy) is 1. The summed E-state index contributed by atoms with van der Waals surface area (Å²) < 4.78 is 7.33. The molecule has 0 radical (unpaired) electrons. The second kappa shape index (κ2) is 8.72. The number of benzene rings is 1. The van der Waals surface area contributed by atoms with Crippen LogP contribution in [0.25, 0.3) is 5.69 Å². The fourth-order valence-electron chi connectivity index (χ4n) is 3.16. The van der Waals surface area contributed by atoms with Crippen molar-refractivity contribution in [1.29, 1.82) is 0 Å². The smallest absolute Gasteiger partial charge is 0.287 e. The van der Waals surface area contributed by atoms with Gasteiger partial charge in [0.1, 0.15) is 11.4 Å². The largest absolute Gasteiger partial charge is 0.493 e. The molecule has 29 heavy (non-hydrogen) atoms. The van der Waals surface area contributed by atoms with Crippen LogP contribution in [0.5, 0.6) is 5.75 Å². The van der Waals surface area contributed by atoms with E-state index in [0.717, 1.165) is 12.0 Å². The normalized spacial score (nSPS) is 19.4. The molecule has 0 saturated heterocycles. The van der Waals surface area contributed by atoms with Crippen LogP contribution in [0.3, 0.4) is 0 Å². The molecule has 2 aromatic rings. The standard InChI is InChI=1S/C21H24N4O4/c1-13-5-3-8-17(19(26)20(22)27)23-21(28)18-11-14(2)24-25(18)15-6-4-7-16(12-15)29-10-9-13/h4-7,11-12,17H,3,8-10H2,1-2H3,(H2,22,27)(H,23,28)/b13-5+/t17-/m0/s1. The van der Waals surface area contributed by atoms with Gasteiger partial charge in [0.25, 0.3) is 11.8 Å². The fraction of sp³-hybridized carbons (Fsp3) is 0.333. The van der Waals surface area contributed by atoms with Crippen LogP contribution >= 0.6 is 0 Å². The average molecular weight is 396 g/mol.